The van der Waals surface area contributed by atoms with E-state index in [9.17, 15) is 4.79 Å². The molecule has 3 aromatic rings. The van der Waals surface area contributed by atoms with Gasteiger partial charge in [-0.15, -0.1) is 11.3 Å². The molecule has 0 aliphatic heterocycles. The predicted molar refractivity (Wildman–Crippen MR) is 106 cm³/mol. The van der Waals surface area contributed by atoms with Crippen LogP contribution in [-0.2, 0) is 26.3 Å². The number of thiazole rings is 1. The van der Waals surface area contributed by atoms with Crippen LogP contribution in [-0.4, -0.2) is 37.3 Å². The zero-order valence-corrected chi connectivity index (χ0v) is 16.5. The highest BCUT2D eigenvalue weighted by Crippen LogP contribution is 2.21. The number of aromatic nitrogens is 5. The highest BCUT2D eigenvalue weighted by atomic mass is 32.1. The monoisotopic (exact) mass is 385 g/mol. The van der Waals surface area contributed by atoms with E-state index in [0.29, 0.717) is 18.8 Å². The van der Waals surface area contributed by atoms with E-state index >= 15 is 0 Å². The molecule has 0 bridgehead atoms. The maximum atomic E-state index is 12.2. The minimum atomic E-state index is -0.239. The van der Waals surface area contributed by atoms with Crippen LogP contribution < -0.4 is 10.6 Å². The van der Waals surface area contributed by atoms with Crippen LogP contribution in [0.1, 0.15) is 30.8 Å². The van der Waals surface area contributed by atoms with Gasteiger partial charge in [0, 0.05) is 43.4 Å². The molecule has 0 aliphatic rings. The smallest absolute Gasteiger partial charge is 0.320 e. The Morgan fingerprint density at radius 1 is 1.22 bits per heavy atom. The first-order valence-electron chi connectivity index (χ1n) is 8.93. The van der Waals surface area contributed by atoms with E-state index in [-0.39, 0.29) is 6.03 Å². The molecule has 0 aromatic carbocycles. The second-order valence-electron chi connectivity index (χ2n) is 5.95. The van der Waals surface area contributed by atoms with Gasteiger partial charge in [0.1, 0.15) is 5.82 Å². The molecule has 27 heavy (non-hydrogen) atoms. The summed E-state index contributed by atoms with van der Waals surface area (Å²) in [5.41, 5.74) is 3.02. The molecule has 9 heteroatoms. The molecule has 0 radical (unpaired) electrons. The quantitative estimate of drug-likeness (QED) is 0.652. The van der Waals surface area contributed by atoms with Crippen LogP contribution in [0.3, 0.4) is 0 Å². The summed E-state index contributed by atoms with van der Waals surface area (Å²) in [6.07, 6.45) is 5.71. The standard InChI is InChI=1S/C18H23N7OS/c1-4-13-14(5-2)24-25(3)16(13)23-18(26)21-10-7-12-11-27-17(22-12)15-19-8-6-9-20-15/h6,8-9,11H,4-5,7,10H2,1-3H3,(H2,21,23,26). The van der Waals surface area contributed by atoms with Crippen LogP contribution >= 0.6 is 11.3 Å². The Bertz CT molecular complexity index is 904. The molecule has 142 valence electrons. The Balaban J connectivity index is 1.53. The normalized spacial score (nSPS) is 10.8. The SMILES string of the molecule is CCc1nn(C)c(NC(=O)NCCc2csc(-c3ncccn3)n2)c1CC. The number of aryl methyl sites for hydroxylation is 2. The average molecular weight is 385 g/mol. The summed E-state index contributed by atoms with van der Waals surface area (Å²) in [6.45, 7) is 4.62. The molecule has 0 aliphatic carbocycles. The number of hydrogen-bond acceptors (Lipinski definition) is 6. The molecule has 3 aromatic heterocycles. The van der Waals surface area contributed by atoms with Crippen molar-refractivity contribution >= 4 is 23.2 Å². The van der Waals surface area contributed by atoms with Crippen molar-refractivity contribution in [2.24, 2.45) is 7.05 Å². The van der Waals surface area contributed by atoms with Gasteiger partial charge in [-0.3, -0.25) is 10.00 Å². The van der Waals surface area contributed by atoms with E-state index in [1.54, 1.807) is 23.1 Å². The number of anilines is 1. The van der Waals surface area contributed by atoms with E-state index in [4.69, 9.17) is 0 Å². The van der Waals surface area contributed by atoms with Crippen LogP contribution in [0.2, 0.25) is 0 Å². The molecule has 0 spiro atoms. The topological polar surface area (TPSA) is 97.6 Å². The van der Waals surface area contributed by atoms with Crippen LogP contribution in [0.5, 0.6) is 0 Å². The van der Waals surface area contributed by atoms with Gasteiger partial charge in [-0.25, -0.2) is 19.7 Å². The van der Waals surface area contributed by atoms with Gasteiger partial charge in [-0.05, 0) is 18.9 Å². The molecule has 2 amide bonds. The van der Waals surface area contributed by atoms with Gasteiger partial charge in [-0.2, -0.15) is 5.10 Å². The van der Waals surface area contributed by atoms with Gasteiger partial charge in [-0.1, -0.05) is 13.8 Å². The van der Waals surface area contributed by atoms with Crippen LogP contribution in [0.4, 0.5) is 10.6 Å². The number of carbonyl (C=O) groups is 1. The maximum Gasteiger partial charge on any atom is 0.320 e. The van der Waals surface area contributed by atoms with Crippen molar-refractivity contribution in [1.82, 2.24) is 30.0 Å². The van der Waals surface area contributed by atoms with E-state index in [1.807, 2.05) is 12.4 Å². The van der Waals surface area contributed by atoms with Crippen molar-refractivity contribution in [3.63, 3.8) is 0 Å². The van der Waals surface area contributed by atoms with Gasteiger partial charge in [0.05, 0.1) is 11.4 Å². The van der Waals surface area contributed by atoms with E-state index in [2.05, 4.69) is 44.5 Å². The lowest BCUT2D eigenvalue weighted by atomic mass is 10.1. The number of hydrogen-bond donors (Lipinski definition) is 2. The van der Waals surface area contributed by atoms with Gasteiger partial charge in [0.25, 0.3) is 0 Å². The Hall–Kier alpha value is -2.81. The van der Waals surface area contributed by atoms with Crippen molar-refractivity contribution in [2.45, 2.75) is 33.1 Å². The second kappa shape index (κ2) is 8.72. The minimum Gasteiger partial charge on any atom is -0.337 e. The number of carbonyl (C=O) groups excluding carboxylic acids is 1. The summed E-state index contributed by atoms with van der Waals surface area (Å²) in [5.74, 6) is 1.37. The van der Waals surface area contributed by atoms with Gasteiger partial charge < -0.3 is 5.32 Å². The maximum absolute atomic E-state index is 12.2. The van der Waals surface area contributed by atoms with Gasteiger partial charge in [0.15, 0.2) is 10.8 Å². The fraction of sp³-hybridized carbons (Fsp3) is 0.389. The van der Waals surface area contributed by atoms with Crippen molar-refractivity contribution < 1.29 is 4.79 Å². The molecule has 0 fully saturated rings. The lowest BCUT2D eigenvalue weighted by Gasteiger charge is -2.09. The molecule has 0 saturated carbocycles. The number of rotatable bonds is 7. The lowest BCUT2D eigenvalue weighted by Crippen LogP contribution is -2.31. The summed E-state index contributed by atoms with van der Waals surface area (Å²) in [5, 5.41) is 13.0. The summed E-state index contributed by atoms with van der Waals surface area (Å²) < 4.78 is 1.73. The number of amides is 2. The third kappa shape index (κ3) is 4.48. The molecule has 3 heterocycles. The summed E-state index contributed by atoms with van der Waals surface area (Å²) in [4.78, 5) is 25.2. The number of urea groups is 1. The van der Waals surface area contributed by atoms with E-state index in [1.165, 1.54) is 11.3 Å². The average Bonchev–Trinajstić information content (AvgIpc) is 3.27. The summed E-state index contributed by atoms with van der Waals surface area (Å²) in [6, 6.07) is 1.54. The largest absolute Gasteiger partial charge is 0.337 e. The second-order valence-corrected chi connectivity index (χ2v) is 6.81. The summed E-state index contributed by atoms with van der Waals surface area (Å²) >= 11 is 1.50. The van der Waals surface area contributed by atoms with Crippen molar-refractivity contribution in [3.8, 4) is 10.8 Å². The molecule has 3 rings (SSSR count). The fourth-order valence-corrected chi connectivity index (χ4v) is 3.62. The molecular weight excluding hydrogens is 362 g/mol. The van der Waals surface area contributed by atoms with Crippen molar-refractivity contribution in [3.05, 3.63) is 40.8 Å². The minimum absolute atomic E-state index is 0.239. The first-order chi connectivity index (χ1) is 13.1. The Kier molecular flexibility index (Phi) is 6.12. The van der Waals surface area contributed by atoms with Gasteiger partial charge in [0.2, 0.25) is 0 Å². The Labute approximate surface area is 162 Å². The van der Waals surface area contributed by atoms with E-state index < -0.39 is 0 Å². The van der Waals surface area contributed by atoms with Crippen LogP contribution in [0, 0.1) is 0 Å². The first-order valence-corrected chi connectivity index (χ1v) is 9.81. The van der Waals surface area contributed by atoms with E-state index in [0.717, 1.165) is 40.6 Å². The molecule has 0 atom stereocenters. The Morgan fingerprint density at radius 3 is 2.70 bits per heavy atom. The van der Waals surface area contributed by atoms with Crippen molar-refractivity contribution in [2.75, 3.05) is 11.9 Å². The van der Waals surface area contributed by atoms with Gasteiger partial charge >= 0.3 is 6.03 Å². The Morgan fingerprint density at radius 2 is 2.00 bits per heavy atom. The third-order valence-corrected chi connectivity index (χ3v) is 5.01. The fourth-order valence-electron chi connectivity index (χ4n) is 2.83. The first kappa shape index (κ1) is 19.0. The molecule has 0 unspecified atom stereocenters. The zero-order chi connectivity index (χ0) is 19.2. The summed E-state index contributed by atoms with van der Waals surface area (Å²) in [7, 11) is 1.84. The zero-order valence-electron chi connectivity index (χ0n) is 15.7. The number of nitrogens with one attached hydrogen (secondary N) is 2. The lowest BCUT2D eigenvalue weighted by molar-refractivity contribution is 0.252. The highest BCUT2D eigenvalue weighted by molar-refractivity contribution is 7.13. The molecule has 0 saturated heterocycles. The van der Waals surface area contributed by atoms with Crippen LogP contribution in [0.25, 0.3) is 10.8 Å². The predicted octanol–water partition coefficient (Wildman–Crippen LogP) is 2.82. The number of nitrogens with zero attached hydrogens (tertiary/aromatic N) is 5. The van der Waals surface area contributed by atoms with Crippen molar-refractivity contribution in [1.29, 1.82) is 0 Å². The molecular formula is C18H23N7OS. The molecule has 2 N–H and O–H groups in total. The van der Waals surface area contributed by atoms with Crippen LogP contribution in [0.15, 0.2) is 23.8 Å². The third-order valence-electron chi connectivity index (χ3n) is 4.12. The highest BCUT2D eigenvalue weighted by Gasteiger charge is 2.15. The molecule has 8 nitrogen and oxygen atoms in total.